The van der Waals surface area contributed by atoms with Crippen molar-refractivity contribution in [2.24, 2.45) is 0 Å². The number of carboxylic acids is 1. The van der Waals surface area contributed by atoms with E-state index >= 15 is 0 Å². The fourth-order valence-corrected chi connectivity index (χ4v) is 3.05. The number of fused-ring (bicyclic) bond motifs is 1. The van der Waals surface area contributed by atoms with Crippen LogP contribution in [-0.2, 0) is 20.7 Å². The lowest BCUT2D eigenvalue weighted by Crippen LogP contribution is -2.44. The van der Waals surface area contributed by atoms with Gasteiger partial charge >= 0.3 is 12.1 Å². The fourth-order valence-electron chi connectivity index (χ4n) is 3.05. The monoisotopic (exact) mass is 391 g/mol. The van der Waals surface area contributed by atoms with Gasteiger partial charge < -0.3 is 19.9 Å². The Morgan fingerprint density at radius 1 is 1.36 bits per heavy atom. The van der Waals surface area contributed by atoms with Crippen molar-refractivity contribution in [3.05, 3.63) is 18.3 Å². The second-order valence-electron chi connectivity index (χ2n) is 7.71. The van der Waals surface area contributed by atoms with Gasteiger partial charge in [0.1, 0.15) is 29.7 Å². The Morgan fingerprint density at radius 2 is 2.14 bits per heavy atom. The van der Waals surface area contributed by atoms with Crippen molar-refractivity contribution < 1.29 is 24.2 Å². The number of imidazole rings is 1. The van der Waals surface area contributed by atoms with E-state index in [2.05, 4.69) is 20.3 Å². The third-order valence-electron chi connectivity index (χ3n) is 4.29. The standard InChI is InChI=1S/C18H25N5O5/c1-18(2,3)28-17(26)22-12(16(24)25)8-11-14-15(20-9-19-11)23(10-21-14)13-6-4-5-7-27-13/h9-10,12-13H,4-8H2,1-3H3,(H,22,26)(H,24,25). The molecule has 2 aromatic heterocycles. The maximum Gasteiger partial charge on any atom is 0.408 e. The molecular weight excluding hydrogens is 366 g/mol. The van der Waals surface area contributed by atoms with Gasteiger partial charge in [-0.05, 0) is 40.0 Å². The minimum Gasteiger partial charge on any atom is -0.480 e. The van der Waals surface area contributed by atoms with Crippen molar-refractivity contribution in [3.63, 3.8) is 0 Å². The number of nitrogens with one attached hydrogen (secondary N) is 1. The fraction of sp³-hybridized carbons (Fsp3) is 0.611. The van der Waals surface area contributed by atoms with Crippen molar-refractivity contribution in [1.82, 2.24) is 24.8 Å². The third kappa shape index (κ3) is 4.75. The number of amides is 1. The first-order valence-electron chi connectivity index (χ1n) is 9.25. The van der Waals surface area contributed by atoms with Crippen LogP contribution in [0.3, 0.4) is 0 Å². The number of carbonyl (C=O) groups is 2. The first kappa shape index (κ1) is 20.0. The lowest BCUT2D eigenvalue weighted by atomic mass is 10.1. The lowest BCUT2D eigenvalue weighted by molar-refractivity contribution is -0.139. The highest BCUT2D eigenvalue weighted by atomic mass is 16.6. The van der Waals surface area contributed by atoms with E-state index in [1.165, 1.54) is 6.33 Å². The number of hydrogen-bond donors (Lipinski definition) is 2. The van der Waals surface area contributed by atoms with Crippen molar-refractivity contribution in [3.8, 4) is 0 Å². The molecule has 1 aliphatic rings. The number of carboxylic acid groups (broad SMARTS) is 1. The minimum absolute atomic E-state index is 0.0455. The highest BCUT2D eigenvalue weighted by molar-refractivity contribution is 5.81. The first-order valence-corrected chi connectivity index (χ1v) is 9.25. The largest absolute Gasteiger partial charge is 0.480 e. The van der Waals surface area contributed by atoms with Crippen LogP contribution in [0.5, 0.6) is 0 Å². The molecule has 0 radical (unpaired) electrons. The minimum atomic E-state index is -1.20. The van der Waals surface area contributed by atoms with Crippen LogP contribution in [0.2, 0.25) is 0 Å². The van der Waals surface area contributed by atoms with Crippen LogP contribution < -0.4 is 5.32 Å². The lowest BCUT2D eigenvalue weighted by Gasteiger charge is -2.23. The highest BCUT2D eigenvalue weighted by Crippen LogP contribution is 2.26. The van der Waals surface area contributed by atoms with Gasteiger partial charge in [0.2, 0.25) is 0 Å². The van der Waals surface area contributed by atoms with Crippen molar-refractivity contribution in [2.45, 2.75) is 64.3 Å². The van der Waals surface area contributed by atoms with Gasteiger partial charge in [0.15, 0.2) is 5.65 Å². The van der Waals surface area contributed by atoms with Crippen molar-refractivity contribution in [1.29, 1.82) is 0 Å². The van der Waals surface area contributed by atoms with E-state index in [9.17, 15) is 14.7 Å². The Labute approximate surface area is 162 Å². The van der Waals surface area contributed by atoms with E-state index in [4.69, 9.17) is 9.47 Å². The zero-order valence-corrected chi connectivity index (χ0v) is 16.2. The van der Waals surface area contributed by atoms with Gasteiger partial charge in [0, 0.05) is 13.0 Å². The van der Waals surface area contributed by atoms with Crippen LogP contribution in [0.15, 0.2) is 12.7 Å². The second kappa shape index (κ2) is 8.09. The smallest absolute Gasteiger partial charge is 0.408 e. The zero-order chi connectivity index (χ0) is 20.3. The molecule has 2 atom stereocenters. The van der Waals surface area contributed by atoms with Gasteiger partial charge in [-0.25, -0.2) is 24.5 Å². The third-order valence-corrected chi connectivity index (χ3v) is 4.29. The van der Waals surface area contributed by atoms with Gasteiger partial charge in [-0.2, -0.15) is 0 Å². The number of nitrogens with zero attached hydrogens (tertiary/aromatic N) is 4. The number of alkyl carbamates (subject to hydrolysis) is 1. The summed E-state index contributed by atoms with van der Waals surface area (Å²) in [4.78, 5) is 36.4. The van der Waals surface area contributed by atoms with Gasteiger partial charge in [-0.15, -0.1) is 0 Å². The summed E-state index contributed by atoms with van der Waals surface area (Å²) in [5, 5.41) is 11.9. The molecule has 2 unspecified atom stereocenters. The summed E-state index contributed by atoms with van der Waals surface area (Å²) in [6, 6.07) is -1.20. The van der Waals surface area contributed by atoms with E-state index < -0.39 is 23.7 Å². The number of aromatic nitrogens is 4. The summed E-state index contributed by atoms with van der Waals surface area (Å²) < 4.78 is 12.8. The first-order chi connectivity index (χ1) is 13.2. The molecule has 0 saturated carbocycles. The molecule has 2 N–H and O–H groups in total. The number of aliphatic carboxylic acids is 1. The SMILES string of the molecule is CC(C)(C)OC(=O)NC(Cc1ncnc2c1ncn2C1CCCCO1)C(=O)O. The maximum atomic E-state index is 12.0. The predicted octanol–water partition coefficient (Wildman–Crippen LogP) is 2.05. The molecule has 1 amide bonds. The Bertz CT molecular complexity index is 854. The summed E-state index contributed by atoms with van der Waals surface area (Å²) in [7, 11) is 0. The zero-order valence-electron chi connectivity index (χ0n) is 16.2. The van der Waals surface area contributed by atoms with Crippen LogP contribution in [-0.4, -0.2) is 54.9 Å². The molecule has 3 heterocycles. The molecule has 28 heavy (non-hydrogen) atoms. The molecular formula is C18H25N5O5. The van der Waals surface area contributed by atoms with Gasteiger partial charge in [0.05, 0.1) is 12.0 Å². The molecule has 0 bridgehead atoms. The number of rotatable bonds is 5. The Morgan fingerprint density at radius 3 is 2.79 bits per heavy atom. The second-order valence-corrected chi connectivity index (χ2v) is 7.71. The molecule has 1 saturated heterocycles. The van der Waals surface area contributed by atoms with Gasteiger partial charge in [0.25, 0.3) is 0 Å². The van der Waals surface area contributed by atoms with Gasteiger partial charge in [-0.1, -0.05) is 0 Å². The summed E-state index contributed by atoms with van der Waals surface area (Å²) in [6.45, 7) is 5.80. The average Bonchev–Trinajstić information content (AvgIpc) is 3.05. The molecule has 1 aliphatic heterocycles. The predicted molar refractivity (Wildman–Crippen MR) is 98.7 cm³/mol. The number of carbonyl (C=O) groups excluding carboxylic acids is 1. The normalized spacial score (nSPS) is 18.6. The quantitative estimate of drug-likeness (QED) is 0.792. The topological polar surface area (TPSA) is 128 Å². The summed E-state index contributed by atoms with van der Waals surface area (Å²) in [5.41, 5.74) is 0.781. The molecule has 2 aromatic rings. The Kier molecular flexibility index (Phi) is 5.78. The average molecular weight is 391 g/mol. The van der Waals surface area contributed by atoms with E-state index in [1.54, 1.807) is 27.1 Å². The Hall–Kier alpha value is -2.75. The van der Waals surface area contributed by atoms with Crippen LogP contribution in [0.1, 0.15) is 52.0 Å². The molecule has 0 spiro atoms. The number of ether oxygens (including phenoxy) is 2. The molecule has 0 aliphatic carbocycles. The van der Waals surface area contributed by atoms with Crippen LogP contribution in [0.4, 0.5) is 4.79 Å². The van der Waals surface area contributed by atoms with Crippen LogP contribution in [0.25, 0.3) is 11.2 Å². The molecule has 0 aromatic carbocycles. The highest BCUT2D eigenvalue weighted by Gasteiger charge is 2.27. The molecule has 10 heteroatoms. The van der Waals surface area contributed by atoms with Crippen LogP contribution in [0, 0.1) is 0 Å². The molecule has 3 rings (SSSR count). The van der Waals surface area contributed by atoms with Crippen LogP contribution >= 0.6 is 0 Å². The van der Waals surface area contributed by atoms with E-state index in [1.807, 2.05) is 4.57 Å². The summed E-state index contributed by atoms with van der Waals surface area (Å²) >= 11 is 0. The molecule has 10 nitrogen and oxygen atoms in total. The molecule has 1 fully saturated rings. The number of hydrogen-bond acceptors (Lipinski definition) is 7. The Balaban J connectivity index is 1.81. The molecule has 152 valence electrons. The van der Waals surface area contributed by atoms with Crippen molar-refractivity contribution in [2.75, 3.05) is 6.61 Å². The van der Waals surface area contributed by atoms with E-state index in [0.29, 0.717) is 23.5 Å². The summed E-state index contributed by atoms with van der Waals surface area (Å²) in [6.07, 6.45) is 4.96. The van der Waals surface area contributed by atoms with Gasteiger partial charge in [-0.3, -0.25) is 4.57 Å². The summed E-state index contributed by atoms with van der Waals surface area (Å²) in [5.74, 6) is -1.19. The van der Waals surface area contributed by atoms with Crippen molar-refractivity contribution >= 4 is 23.2 Å². The van der Waals surface area contributed by atoms with E-state index in [-0.39, 0.29) is 12.6 Å². The maximum absolute atomic E-state index is 12.0. The van der Waals surface area contributed by atoms with E-state index in [0.717, 1.165) is 19.3 Å².